The third-order valence-corrected chi connectivity index (χ3v) is 2.31. The number of ether oxygens (including phenoxy) is 1. The van der Waals surface area contributed by atoms with E-state index >= 15 is 0 Å². The predicted octanol–water partition coefficient (Wildman–Crippen LogP) is 1.25. The van der Waals surface area contributed by atoms with Crippen molar-refractivity contribution in [3.05, 3.63) is 29.3 Å². The molecule has 0 amide bonds. The molecule has 78 valence electrons. The smallest absolute Gasteiger partial charge is 0.126 e. The highest BCUT2D eigenvalue weighted by molar-refractivity contribution is 5.43. The first-order valence-electron chi connectivity index (χ1n) is 4.76. The molecule has 1 rings (SSSR count). The molecule has 1 atom stereocenters. The van der Waals surface area contributed by atoms with Crippen LogP contribution in [-0.2, 0) is 6.42 Å². The van der Waals surface area contributed by atoms with Gasteiger partial charge in [0, 0.05) is 5.56 Å². The Morgan fingerprint density at radius 2 is 2.21 bits per heavy atom. The van der Waals surface area contributed by atoms with Crippen LogP contribution in [0.3, 0.4) is 0 Å². The van der Waals surface area contributed by atoms with Crippen LogP contribution in [-0.4, -0.2) is 18.8 Å². The standard InChI is InChI=1S/C11H17NO2/c1-3-8-5-4-6-9(10(12)7-13)11(8)14-2/h4-6,10,13H,3,7,12H2,1-2H3. The number of aliphatic hydroxyl groups excluding tert-OH is 1. The van der Waals surface area contributed by atoms with Crippen molar-refractivity contribution in [2.75, 3.05) is 13.7 Å². The first-order valence-corrected chi connectivity index (χ1v) is 4.76. The van der Waals surface area contributed by atoms with Gasteiger partial charge in [-0.25, -0.2) is 0 Å². The number of hydrogen-bond donors (Lipinski definition) is 2. The summed E-state index contributed by atoms with van der Waals surface area (Å²) in [5, 5.41) is 8.99. The van der Waals surface area contributed by atoms with Crippen LogP contribution in [0.5, 0.6) is 5.75 Å². The normalized spacial score (nSPS) is 12.6. The Balaban J connectivity index is 3.14. The largest absolute Gasteiger partial charge is 0.496 e. The van der Waals surface area contributed by atoms with Crippen molar-refractivity contribution in [1.82, 2.24) is 0 Å². The van der Waals surface area contributed by atoms with Crippen molar-refractivity contribution in [2.45, 2.75) is 19.4 Å². The van der Waals surface area contributed by atoms with E-state index in [9.17, 15) is 0 Å². The molecule has 3 nitrogen and oxygen atoms in total. The van der Waals surface area contributed by atoms with Gasteiger partial charge >= 0.3 is 0 Å². The van der Waals surface area contributed by atoms with Crippen molar-refractivity contribution in [2.24, 2.45) is 5.73 Å². The predicted molar refractivity (Wildman–Crippen MR) is 56.4 cm³/mol. The van der Waals surface area contributed by atoms with Crippen molar-refractivity contribution in [3.8, 4) is 5.75 Å². The molecule has 1 aromatic carbocycles. The number of hydrogen-bond acceptors (Lipinski definition) is 3. The average molecular weight is 195 g/mol. The van der Waals surface area contributed by atoms with Crippen molar-refractivity contribution in [1.29, 1.82) is 0 Å². The van der Waals surface area contributed by atoms with Crippen LogP contribution in [0.1, 0.15) is 24.1 Å². The maximum Gasteiger partial charge on any atom is 0.126 e. The molecule has 0 aromatic heterocycles. The molecule has 0 heterocycles. The van der Waals surface area contributed by atoms with Crippen LogP contribution >= 0.6 is 0 Å². The van der Waals surface area contributed by atoms with E-state index in [2.05, 4.69) is 6.92 Å². The Labute approximate surface area is 84.5 Å². The van der Waals surface area contributed by atoms with Gasteiger partial charge in [0.25, 0.3) is 0 Å². The highest BCUT2D eigenvalue weighted by Crippen LogP contribution is 2.28. The molecule has 0 aliphatic rings. The minimum atomic E-state index is -0.364. The fourth-order valence-electron chi connectivity index (χ4n) is 1.52. The molecule has 0 aliphatic carbocycles. The zero-order valence-corrected chi connectivity index (χ0v) is 8.66. The molecule has 0 spiro atoms. The van der Waals surface area contributed by atoms with Crippen molar-refractivity contribution < 1.29 is 9.84 Å². The topological polar surface area (TPSA) is 55.5 Å². The van der Waals surface area contributed by atoms with E-state index in [1.165, 1.54) is 0 Å². The SMILES string of the molecule is CCc1cccc(C(N)CO)c1OC. The number of methoxy groups -OCH3 is 1. The van der Waals surface area contributed by atoms with Crippen molar-refractivity contribution in [3.63, 3.8) is 0 Å². The summed E-state index contributed by atoms with van der Waals surface area (Å²) in [5.74, 6) is 0.802. The Hall–Kier alpha value is -1.06. The molecular weight excluding hydrogens is 178 g/mol. The molecule has 14 heavy (non-hydrogen) atoms. The monoisotopic (exact) mass is 195 g/mol. The molecule has 0 saturated carbocycles. The van der Waals surface area contributed by atoms with Crippen LogP contribution < -0.4 is 10.5 Å². The van der Waals surface area contributed by atoms with Gasteiger partial charge in [-0.05, 0) is 12.0 Å². The highest BCUT2D eigenvalue weighted by atomic mass is 16.5. The average Bonchev–Trinajstić information content (AvgIpc) is 2.26. The van der Waals surface area contributed by atoms with Crippen LogP contribution in [0, 0.1) is 0 Å². The van der Waals surface area contributed by atoms with E-state index in [0.29, 0.717) is 0 Å². The van der Waals surface area contributed by atoms with Gasteiger partial charge in [-0.1, -0.05) is 25.1 Å². The molecule has 3 N–H and O–H groups in total. The third kappa shape index (κ3) is 2.05. The Morgan fingerprint density at radius 3 is 2.71 bits per heavy atom. The van der Waals surface area contributed by atoms with Crippen molar-refractivity contribution >= 4 is 0 Å². The summed E-state index contributed by atoms with van der Waals surface area (Å²) in [6, 6.07) is 5.47. The second-order valence-electron chi connectivity index (χ2n) is 3.18. The van der Waals surface area contributed by atoms with Crippen LogP contribution in [0.15, 0.2) is 18.2 Å². The molecule has 0 aliphatic heterocycles. The summed E-state index contributed by atoms with van der Waals surface area (Å²) in [7, 11) is 1.63. The Kier molecular flexibility index (Phi) is 3.92. The Bertz CT molecular complexity index is 299. The molecular formula is C11H17NO2. The highest BCUT2D eigenvalue weighted by Gasteiger charge is 2.13. The maximum absolute atomic E-state index is 8.99. The molecule has 0 saturated heterocycles. The second-order valence-corrected chi connectivity index (χ2v) is 3.18. The number of aryl methyl sites for hydroxylation is 1. The summed E-state index contributed by atoms with van der Waals surface area (Å²) in [6.07, 6.45) is 0.898. The van der Waals surface area contributed by atoms with E-state index in [1.54, 1.807) is 7.11 Å². The molecule has 0 fully saturated rings. The first-order chi connectivity index (χ1) is 6.74. The number of para-hydroxylation sites is 1. The lowest BCUT2D eigenvalue weighted by atomic mass is 10.0. The van der Waals surface area contributed by atoms with E-state index in [-0.39, 0.29) is 12.6 Å². The van der Waals surface area contributed by atoms with E-state index in [1.807, 2.05) is 18.2 Å². The third-order valence-electron chi connectivity index (χ3n) is 2.31. The molecule has 0 radical (unpaired) electrons. The minimum absolute atomic E-state index is 0.0659. The van der Waals surface area contributed by atoms with E-state index < -0.39 is 0 Å². The molecule has 0 bridgehead atoms. The van der Waals surface area contributed by atoms with Gasteiger partial charge in [0.1, 0.15) is 5.75 Å². The summed E-state index contributed by atoms with van der Waals surface area (Å²) >= 11 is 0. The summed E-state index contributed by atoms with van der Waals surface area (Å²) in [5.41, 5.74) is 7.75. The van der Waals surface area contributed by atoms with Crippen LogP contribution in [0.2, 0.25) is 0 Å². The van der Waals surface area contributed by atoms with Crippen LogP contribution in [0.4, 0.5) is 0 Å². The number of rotatable bonds is 4. The molecule has 1 unspecified atom stereocenters. The number of aliphatic hydroxyl groups is 1. The fourth-order valence-corrected chi connectivity index (χ4v) is 1.52. The summed E-state index contributed by atoms with van der Waals surface area (Å²) < 4.78 is 5.30. The molecule has 3 heteroatoms. The van der Waals surface area contributed by atoms with Crippen LogP contribution in [0.25, 0.3) is 0 Å². The van der Waals surface area contributed by atoms with Gasteiger partial charge in [0.2, 0.25) is 0 Å². The second kappa shape index (κ2) is 4.98. The van der Waals surface area contributed by atoms with Gasteiger partial charge < -0.3 is 15.6 Å². The van der Waals surface area contributed by atoms with Gasteiger partial charge in [-0.3, -0.25) is 0 Å². The van der Waals surface area contributed by atoms with Gasteiger partial charge in [-0.15, -0.1) is 0 Å². The maximum atomic E-state index is 8.99. The first kappa shape index (κ1) is 11.0. The van der Waals surface area contributed by atoms with E-state index in [4.69, 9.17) is 15.6 Å². The number of benzene rings is 1. The fraction of sp³-hybridized carbons (Fsp3) is 0.455. The Morgan fingerprint density at radius 1 is 1.50 bits per heavy atom. The summed E-state index contributed by atoms with van der Waals surface area (Å²) in [6.45, 7) is 2.00. The zero-order valence-electron chi connectivity index (χ0n) is 8.66. The zero-order chi connectivity index (χ0) is 10.6. The number of nitrogens with two attached hydrogens (primary N) is 1. The van der Waals surface area contributed by atoms with Gasteiger partial charge in [-0.2, -0.15) is 0 Å². The molecule has 1 aromatic rings. The lowest BCUT2D eigenvalue weighted by Crippen LogP contribution is -2.16. The van der Waals surface area contributed by atoms with E-state index in [0.717, 1.165) is 23.3 Å². The van der Waals surface area contributed by atoms with Gasteiger partial charge in [0.15, 0.2) is 0 Å². The summed E-state index contributed by atoms with van der Waals surface area (Å²) in [4.78, 5) is 0. The lowest BCUT2D eigenvalue weighted by molar-refractivity contribution is 0.264. The minimum Gasteiger partial charge on any atom is -0.496 e. The van der Waals surface area contributed by atoms with Gasteiger partial charge in [0.05, 0.1) is 19.8 Å². The lowest BCUT2D eigenvalue weighted by Gasteiger charge is -2.16. The quantitative estimate of drug-likeness (QED) is 0.760.